The zero-order valence-corrected chi connectivity index (χ0v) is 13.5. The molecule has 122 valence electrons. The molecule has 2 rings (SSSR count). The van der Waals surface area contributed by atoms with Crippen molar-refractivity contribution in [2.45, 2.75) is 58.0 Å². The Bertz CT molecular complexity index is 524. The van der Waals surface area contributed by atoms with Crippen molar-refractivity contribution in [2.24, 2.45) is 5.92 Å². The van der Waals surface area contributed by atoms with Crippen molar-refractivity contribution >= 4 is 11.9 Å². The smallest absolute Gasteiger partial charge is 0.310 e. The summed E-state index contributed by atoms with van der Waals surface area (Å²) in [6.45, 7) is 4.01. The number of carbonyl (C=O) groups is 2. The van der Waals surface area contributed by atoms with E-state index in [9.17, 15) is 9.59 Å². The first-order valence-electron chi connectivity index (χ1n) is 7.96. The number of hydrogen-bond acceptors (Lipinski definition) is 4. The van der Waals surface area contributed by atoms with Crippen molar-refractivity contribution in [3.8, 4) is 0 Å². The molecule has 22 heavy (non-hydrogen) atoms. The number of nitrogens with zero attached hydrogens (tertiary/aromatic N) is 2. The summed E-state index contributed by atoms with van der Waals surface area (Å²) in [5.41, 5.74) is 0.390. The predicted molar refractivity (Wildman–Crippen MR) is 82.5 cm³/mol. The molecular weight excluding hydrogens is 282 g/mol. The van der Waals surface area contributed by atoms with Gasteiger partial charge < -0.3 is 10.1 Å². The molecule has 6 nitrogen and oxygen atoms in total. The maximum absolute atomic E-state index is 12.4. The van der Waals surface area contributed by atoms with Crippen LogP contribution in [-0.2, 0) is 9.53 Å². The van der Waals surface area contributed by atoms with Gasteiger partial charge in [-0.2, -0.15) is 5.10 Å². The van der Waals surface area contributed by atoms with Gasteiger partial charge in [-0.25, -0.2) is 0 Å². The van der Waals surface area contributed by atoms with Gasteiger partial charge >= 0.3 is 5.97 Å². The first-order valence-corrected chi connectivity index (χ1v) is 7.96. The minimum absolute atomic E-state index is 0.174. The standard InChI is InChI=1S/C16H25N3O3/c1-11(2)19-10-9-14(18-19)15(20)17-13-8-6-4-5-7-12(13)16(21)22-3/h9-13H,4-8H2,1-3H3,(H,17,20)/t12-,13+/m1/s1. The molecule has 1 aliphatic rings. The van der Waals surface area contributed by atoms with Crippen molar-refractivity contribution in [2.75, 3.05) is 7.11 Å². The summed E-state index contributed by atoms with van der Waals surface area (Å²) in [6.07, 6.45) is 6.45. The molecule has 1 fully saturated rings. The Balaban J connectivity index is 2.07. The number of esters is 1. The molecule has 0 bridgehead atoms. The van der Waals surface area contributed by atoms with Gasteiger partial charge in [0.1, 0.15) is 5.69 Å². The monoisotopic (exact) mass is 307 g/mol. The maximum atomic E-state index is 12.4. The van der Waals surface area contributed by atoms with Gasteiger partial charge in [0.05, 0.1) is 13.0 Å². The van der Waals surface area contributed by atoms with Gasteiger partial charge in [0.25, 0.3) is 5.91 Å². The Morgan fingerprint density at radius 3 is 2.68 bits per heavy atom. The van der Waals surface area contributed by atoms with Crippen LogP contribution in [0.25, 0.3) is 0 Å². The molecule has 0 aromatic carbocycles. The van der Waals surface area contributed by atoms with Crippen LogP contribution >= 0.6 is 0 Å². The summed E-state index contributed by atoms with van der Waals surface area (Å²) in [4.78, 5) is 24.3. The first-order chi connectivity index (χ1) is 10.5. The fourth-order valence-electron chi connectivity index (χ4n) is 2.90. The van der Waals surface area contributed by atoms with E-state index in [0.717, 1.165) is 32.1 Å². The average molecular weight is 307 g/mol. The van der Waals surface area contributed by atoms with Crippen LogP contribution in [0.3, 0.4) is 0 Å². The normalized spacial score (nSPS) is 22.2. The Kier molecular flexibility index (Phi) is 5.57. The highest BCUT2D eigenvalue weighted by atomic mass is 16.5. The van der Waals surface area contributed by atoms with Crippen molar-refractivity contribution in [3.05, 3.63) is 18.0 Å². The average Bonchev–Trinajstić information content (AvgIpc) is 2.89. The van der Waals surface area contributed by atoms with E-state index in [4.69, 9.17) is 4.74 Å². The number of aromatic nitrogens is 2. The Morgan fingerprint density at radius 1 is 1.32 bits per heavy atom. The largest absolute Gasteiger partial charge is 0.469 e. The minimum atomic E-state index is -0.261. The van der Waals surface area contributed by atoms with E-state index in [1.807, 2.05) is 13.8 Å². The zero-order valence-electron chi connectivity index (χ0n) is 13.5. The second-order valence-electron chi connectivity index (χ2n) is 6.12. The second kappa shape index (κ2) is 7.42. The van der Waals surface area contributed by atoms with Gasteiger partial charge in [0, 0.05) is 18.3 Å². The molecule has 1 heterocycles. The quantitative estimate of drug-likeness (QED) is 0.684. The molecule has 1 aliphatic carbocycles. The van der Waals surface area contributed by atoms with Crippen LogP contribution in [0.2, 0.25) is 0 Å². The van der Waals surface area contributed by atoms with Crippen LogP contribution in [0, 0.1) is 5.92 Å². The number of methoxy groups -OCH3 is 1. The third-order valence-corrected chi connectivity index (χ3v) is 4.21. The van der Waals surface area contributed by atoms with E-state index in [1.165, 1.54) is 7.11 Å². The summed E-state index contributed by atoms with van der Waals surface area (Å²) >= 11 is 0. The Labute approximate surface area is 131 Å². The van der Waals surface area contributed by atoms with Crippen LogP contribution in [0.1, 0.15) is 62.5 Å². The molecule has 2 atom stereocenters. The zero-order chi connectivity index (χ0) is 16.1. The van der Waals surface area contributed by atoms with Crippen LogP contribution in [0.5, 0.6) is 0 Å². The van der Waals surface area contributed by atoms with Crippen LogP contribution in [0.4, 0.5) is 0 Å². The molecular formula is C16H25N3O3. The van der Waals surface area contributed by atoms with Crippen LogP contribution in [0.15, 0.2) is 12.3 Å². The van der Waals surface area contributed by atoms with Gasteiger partial charge in [-0.05, 0) is 32.8 Å². The summed E-state index contributed by atoms with van der Waals surface area (Å²) in [5, 5.41) is 7.25. The molecule has 0 radical (unpaired) electrons. The van der Waals surface area contributed by atoms with Gasteiger partial charge in [-0.3, -0.25) is 14.3 Å². The third kappa shape index (κ3) is 3.87. The fraction of sp³-hybridized carbons (Fsp3) is 0.688. The lowest BCUT2D eigenvalue weighted by atomic mass is 9.94. The second-order valence-corrected chi connectivity index (χ2v) is 6.12. The Morgan fingerprint density at radius 2 is 2.05 bits per heavy atom. The molecule has 6 heteroatoms. The lowest BCUT2D eigenvalue weighted by Crippen LogP contribution is -2.43. The van der Waals surface area contributed by atoms with E-state index in [2.05, 4.69) is 10.4 Å². The topological polar surface area (TPSA) is 73.2 Å². The summed E-state index contributed by atoms with van der Waals surface area (Å²) < 4.78 is 6.64. The van der Waals surface area contributed by atoms with Gasteiger partial charge in [0.15, 0.2) is 0 Å². The van der Waals surface area contributed by atoms with E-state index in [-0.39, 0.29) is 29.9 Å². The maximum Gasteiger partial charge on any atom is 0.310 e. The van der Waals surface area contributed by atoms with E-state index in [1.54, 1.807) is 16.9 Å². The summed E-state index contributed by atoms with van der Waals surface area (Å²) in [6, 6.07) is 1.74. The molecule has 0 aliphatic heterocycles. The van der Waals surface area contributed by atoms with Gasteiger partial charge in [-0.1, -0.05) is 19.3 Å². The van der Waals surface area contributed by atoms with Crippen molar-refractivity contribution in [1.82, 2.24) is 15.1 Å². The third-order valence-electron chi connectivity index (χ3n) is 4.21. The van der Waals surface area contributed by atoms with Crippen LogP contribution in [-0.4, -0.2) is 34.8 Å². The Hall–Kier alpha value is -1.85. The first kappa shape index (κ1) is 16.5. The predicted octanol–water partition coefficient (Wildman–Crippen LogP) is 2.32. The van der Waals surface area contributed by atoms with Gasteiger partial charge in [0.2, 0.25) is 0 Å². The van der Waals surface area contributed by atoms with Crippen molar-refractivity contribution < 1.29 is 14.3 Å². The number of hydrogen-bond donors (Lipinski definition) is 1. The number of rotatable bonds is 4. The summed E-state index contributed by atoms with van der Waals surface area (Å²) in [5.74, 6) is -0.719. The number of carbonyl (C=O) groups excluding carboxylic acids is 2. The minimum Gasteiger partial charge on any atom is -0.469 e. The lowest BCUT2D eigenvalue weighted by Gasteiger charge is -2.23. The summed E-state index contributed by atoms with van der Waals surface area (Å²) in [7, 11) is 1.40. The molecule has 1 aromatic heterocycles. The van der Waals surface area contributed by atoms with Crippen molar-refractivity contribution in [3.63, 3.8) is 0 Å². The molecule has 1 saturated carbocycles. The number of ether oxygens (including phenoxy) is 1. The van der Waals surface area contributed by atoms with Crippen LogP contribution < -0.4 is 5.32 Å². The highest BCUT2D eigenvalue weighted by molar-refractivity contribution is 5.92. The van der Waals surface area contributed by atoms with Gasteiger partial charge in [-0.15, -0.1) is 0 Å². The van der Waals surface area contributed by atoms with E-state index >= 15 is 0 Å². The van der Waals surface area contributed by atoms with Crippen molar-refractivity contribution in [1.29, 1.82) is 0 Å². The molecule has 0 unspecified atom stereocenters. The molecule has 1 amide bonds. The fourth-order valence-corrected chi connectivity index (χ4v) is 2.90. The highest BCUT2D eigenvalue weighted by Crippen LogP contribution is 2.25. The molecule has 0 saturated heterocycles. The van der Waals surface area contributed by atoms with E-state index < -0.39 is 0 Å². The van der Waals surface area contributed by atoms with E-state index in [0.29, 0.717) is 5.69 Å². The number of amides is 1. The SMILES string of the molecule is COC(=O)[C@@H]1CCCCC[C@@H]1NC(=O)c1ccn(C(C)C)n1. The number of nitrogens with one attached hydrogen (secondary N) is 1. The highest BCUT2D eigenvalue weighted by Gasteiger charge is 2.32. The molecule has 0 spiro atoms. The lowest BCUT2D eigenvalue weighted by molar-refractivity contribution is -0.146. The molecule has 1 N–H and O–H groups in total. The molecule has 1 aromatic rings.